The second kappa shape index (κ2) is 9.91. The number of allylic oxidation sites excluding steroid dienone is 3. The Labute approximate surface area is 171 Å². The molecule has 3 heterocycles. The molecule has 1 unspecified atom stereocenters. The molecule has 3 aliphatic rings. The monoisotopic (exact) mass is 396 g/mol. The summed E-state index contributed by atoms with van der Waals surface area (Å²) in [5.74, 6) is -0.187. The smallest absolute Gasteiger partial charge is 0.185 e. The van der Waals surface area contributed by atoms with E-state index in [-0.39, 0.29) is 12.3 Å². The van der Waals surface area contributed by atoms with Crippen LogP contribution in [0.5, 0.6) is 0 Å². The van der Waals surface area contributed by atoms with Crippen LogP contribution in [0.2, 0.25) is 0 Å². The largest absolute Gasteiger partial charge is 0.369 e. The summed E-state index contributed by atoms with van der Waals surface area (Å²) in [7, 11) is 0. The minimum Gasteiger partial charge on any atom is -0.369 e. The van der Waals surface area contributed by atoms with Crippen LogP contribution in [0.15, 0.2) is 81.6 Å². The van der Waals surface area contributed by atoms with Gasteiger partial charge in [0.25, 0.3) is 0 Å². The van der Waals surface area contributed by atoms with E-state index in [2.05, 4.69) is 64.0 Å². The lowest BCUT2D eigenvalue weighted by Gasteiger charge is -2.20. The van der Waals surface area contributed by atoms with Gasteiger partial charge in [-0.25, -0.2) is 0 Å². The maximum atomic E-state index is 13.3. The van der Waals surface area contributed by atoms with Gasteiger partial charge in [-0.3, -0.25) is 9.98 Å². The molecule has 0 saturated heterocycles. The van der Waals surface area contributed by atoms with Gasteiger partial charge in [0.1, 0.15) is 18.2 Å². The fourth-order valence-corrected chi connectivity index (χ4v) is 3.24. The van der Waals surface area contributed by atoms with Crippen molar-refractivity contribution in [1.29, 1.82) is 0 Å². The zero-order valence-electron chi connectivity index (χ0n) is 17.0. The van der Waals surface area contributed by atoms with E-state index in [4.69, 9.17) is 0 Å². The standard InChI is InChI=1S/C22H29FN6/c1-4-20-24-11-17(12-25-20)13-26-21(29-16(3)23)8-6-5-7-18-14-28-22-19(18)9-15(2)10-27-22/h6,8-12,14,20,22,24,27-28H,3-5,7,13H2,1-2H3,(H,26,29)/b8-6-/t20-,22?/m0/s1. The second-order valence-electron chi connectivity index (χ2n) is 7.18. The Balaban J connectivity index is 1.54. The first-order valence-electron chi connectivity index (χ1n) is 9.95. The Kier molecular flexibility index (Phi) is 7.05. The van der Waals surface area contributed by atoms with Crippen molar-refractivity contribution < 1.29 is 4.39 Å². The first kappa shape index (κ1) is 20.6. The van der Waals surface area contributed by atoms with Crippen LogP contribution in [0.1, 0.15) is 33.1 Å². The fraction of sp³-hybridized carbons (Fsp3) is 0.364. The third kappa shape index (κ3) is 5.94. The van der Waals surface area contributed by atoms with Crippen molar-refractivity contribution in [2.75, 3.05) is 6.54 Å². The molecule has 154 valence electrons. The highest BCUT2D eigenvalue weighted by atomic mass is 19.1. The molecule has 4 N–H and O–H groups in total. The Hall–Kier alpha value is -3.09. The summed E-state index contributed by atoms with van der Waals surface area (Å²) in [6, 6.07) is 0. The first-order valence-corrected chi connectivity index (χ1v) is 9.95. The number of nitrogens with one attached hydrogen (secondary N) is 4. The molecule has 29 heavy (non-hydrogen) atoms. The van der Waals surface area contributed by atoms with Crippen LogP contribution in [0.4, 0.5) is 4.39 Å². The van der Waals surface area contributed by atoms with E-state index < -0.39 is 5.95 Å². The zero-order chi connectivity index (χ0) is 20.6. The van der Waals surface area contributed by atoms with Gasteiger partial charge in [0.2, 0.25) is 0 Å². The fourth-order valence-electron chi connectivity index (χ4n) is 3.24. The second-order valence-corrected chi connectivity index (χ2v) is 7.18. The Morgan fingerprint density at radius 1 is 1.31 bits per heavy atom. The van der Waals surface area contributed by atoms with E-state index in [0.717, 1.165) is 24.8 Å². The van der Waals surface area contributed by atoms with Crippen LogP contribution in [-0.2, 0) is 0 Å². The van der Waals surface area contributed by atoms with E-state index in [1.165, 1.54) is 16.7 Å². The molecular formula is C22H29FN6. The predicted molar refractivity (Wildman–Crippen MR) is 118 cm³/mol. The van der Waals surface area contributed by atoms with Crippen molar-refractivity contribution in [2.24, 2.45) is 9.98 Å². The number of halogens is 1. The van der Waals surface area contributed by atoms with E-state index in [9.17, 15) is 4.39 Å². The molecule has 0 aromatic heterocycles. The SMILES string of the molecule is C=C(F)NC(/C=C\CCC1=CNC2NC=C(C)C=C12)=NCC1=CN[C@H](CC)N=C1. The third-order valence-corrected chi connectivity index (χ3v) is 4.79. The highest BCUT2D eigenvalue weighted by Crippen LogP contribution is 2.26. The molecule has 6 nitrogen and oxygen atoms in total. The minimum absolute atomic E-state index is 0.124. The summed E-state index contributed by atoms with van der Waals surface area (Å²) < 4.78 is 13.3. The summed E-state index contributed by atoms with van der Waals surface area (Å²) in [6.45, 7) is 7.83. The molecule has 0 aliphatic carbocycles. The maximum absolute atomic E-state index is 13.3. The number of dihydropyridines is 1. The number of hydrogen-bond donors (Lipinski definition) is 4. The van der Waals surface area contributed by atoms with Gasteiger partial charge in [-0.1, -0.05) is 19.1 Å². The van der Waals surface area contributed by atoms with E-state index in [1.54, 1.807) is 6.08 Å². The molecule has 0 spiro atoms. The number of aliphatic imine (C=N–C) groups is 2. The number of nitrogens with zero attached hydrogens (tertiary/aromatic N) is 2. The van der Waals surface area contributed by atoms with E-state index >= 15 is 0 Å². The third-order valence-electron chi connectivity index (χ3n) is 4.79. The predicted octanol–water partition coefficient (Wildman–Crippen LogP) is 3.29. The Morgan fingerprint density at radius 3 is 2.86 bits per heavy atom. The highest BCUT2D eigenvalue weighted by molar-refractivity contribution is 5.94. The van der Waals surface area contributed by atoms with Gasteiger partial charge in [-0.05, 0) is 55.6 Å². The van der Waals surface area contributed by atoms with E-state index in [1.807, 2.05) is 24.7 Å². The van der Waals surface area contributed by atoms with Crippen molar-refractivity contribution in [3.63, 3.8) is 0 Å². The molecule has 0 fully saturated rings. The molecule has 0 radical (unpaired) electrons. The molecule has 0 bridgehead atoms. The van der Waals surface area contributed by atoms with Gasteiger partial charge in [0, 0.05) is 30.4 Å². The average molecular weight is 397 g/mol. The summed E-state index contributed by atoms with van der Waals surface area (Å²) in [5.41, 5.74) is 4.71. The molecule has 0 aromatic carbocycles. The quantitative estimate of drug-likeness (QED) is 0.289. The number of amidine groups is 1. The van der Waals surface area contributed by atoms with Gasteiger partial charge in [0.15, 0.2) is 5.95 Å². The Morgan fingerprint density at radius 2 is 2.14 bits per heavy atom. The lowest BCUT2D eigenvalue weighted by atomic mass is 9.98. The number of fused-ring (bicyclic) bond motifs is 1. The molecule has 3 aliphatic heterocycles. The molecule has 7 heteroatoms. The lowest BCUT2D eigenvalue weighted by Crippen LogP contribution is -2.36. The normalized spacial score (nSPS) is 23.2. The van der Waals surface area contributed by atoms with Gasteiger partial charge in [-0.2, -0.15) is 4.39 Å². The summed E-state index contributed by atoms with van der Waals surface area (Å²) in [6.07, 6.45) is 16.7. The topological polar surface area (TPSA) is 72.8 Å². The van der Waals surface area contributed by atoms with Gasteiger partial charge < -0.3 is 21.3 Å². The van der Waals surface area contributed by atoms with Gasteiger partial charge >= 0.3 is 0 Å². The zero-order valence-corrected chi connectivity index (χ0v) is 17.0. The summed E-state index contributed by atoms with van der Waals surface area (Å²) in [4.78, 5) is 8.84. The van der Waals surface area contributed by atoms with Crippen molar-refractivity contribution in [1.82, 2.24) is 21.3 Å². The number of rotatable bonds is 8. The molecular weight excluding hydrogens is 367 g/mol. The molecule has 2 atom stereocenters. The van der Waals surface area contributed by atoms with Crippen molar-refractivity contribution in [2.45, 2.75) is 45.4 Å². The molecule has 0 saturated carbocycles. The minimum atomic E-state index is -0.630. The average Bonchev–Trinajstić information content (AvgIpc) is 3.11. The molecule has 0 amide bonds. The first-order chi connectivity index (χ1) is 14.0. The van der Waals surface area contributed by atoms with Crippen LogP contribution >= 0.6 is 0 Å². The highest BCUT2D eigenvalue weighted by Gasteiger charge is 2.23. The van der Waals surface area contributed by atoms with Crippen molar-refractivity contribution in [3.05, 3.63) is 71.7 Å². The lowest BCUT2D eigenvalue weighted by molar-refractivity contribution is 0.588. The van der Waals surface area contributed by atoms with Gasteiger partial charge in [-0.15, -0.1) is 0 Å². The Bertz CT molecular complexity index is 843. The maximum Gasteiger partial charge on any atom is 0.185 e. The van der Waals surface area contributed by atoms with Crippen LogP contribution in [0.3, 0.4) is 0 Å². The summed E-state index contributed by atoms with van der Waals surface area (Å²) >= 11 is 0. The van der Waals surface area contributed by atoms with Crippen LogP contribution in [-0.4, -0.2) is 30.9 Å². The summed E-state index contributed by atoms with van der Waals surface area (Å²) in [5, 5.41) is 12.4. The number of hydrogen-bond acceptors (Lipinski definition) is 5. The van der Waals surface area contributed by atoms with E-state index in [0.29, 0.717) is 12.4 Å². The van der Waals surface area contributed by atoms with Crippen molar-refractivity contribution in [3.8, 4) is 0 Å². The molecule has 0 aromatic rings. The van der Waals surface area contributed by atoms with Crippen LogP contribution in [0, 0.1) is 0 Å². The van der Waals surface area contributed by atoms with Crippen LogP contribution < -0.4 is 21.3 Å². The molecule has 3 rings (SSSR count). The van der Waals surface area contributed by atoms with Crippen LogP contribution in [0.25, 0.3) is 0 Å². The van der Waals surface area contributed by atoms with Crippen molar-refractivity contribution >= 4 is 12.1 Å². The van der Waals surface area contributed by atoms with Gasteiger partial charge in [0.05, 0.1) is 6.54 Å².